The lowest BCUT2D eigenvalue weighted by Gasteiger charge is -2.58. The normalized spacial score (nSPS) is 53.0. The Morgan fingerprint density at radius 3 is 2.70 bits per heavy atom. The predicted molar refractivity (Wildman–Crippen MR) is 126 cm³/mol. The number of phenols is 1. The standard InChI is InChI=1S/C29H36O4/c1-26-24-19-10-13-27(26)12-9-17(14-18-6-3-4-8-21(18)30)20(27)7-5-11-28(26,16-19)29(32)23(33-2)15-22(31)25(24)29/h3-8,15,17,19-20,23-25,30-32H,9-14,16H2,1-2H3/t17-,19+,20+,23-,24+,25+,26-,27+,28+,29-/m1/s1. The van der Waals surface area contributed by atoms with Crippen molar-refractivity contribution >= 4 is 0 Å². The van der Waals surface area contributed by atoms with E-state index in [-0.39, 0.29) is 22.2 Å². The molecular weight excluding hydrogens is 412 g/mol. The van der Waals surface area contributed by atoms with E-state index in [1.807, 2.05) is 12.1 Å². The topological polar surface area (TPSA) is 69.9 Å². The fourth-order valence-electron chi connectivity index (χ4n) is 11.2. The van der Waals surface area contributed by atoms with Crippen molar-refractivity contribution in [3.8, 4) is 5.75 Å². The second-order valence-electron chi connectivity index (χ2n) is 12.3. The molecule has 3 N–H and O–H groups in total. The van der Waals surface area contributed by atoms with Gasteiger partial charge in [-0.1, -0.05) is 37.3 Å². The molecule has 0 amide bonds. The summed E-state index contributed by atoms with van der Waals surface area (Å²) < 4.78 is 5.86. The number of rotatable bonds is 3. The van der Waals surface area contributed by atoms with E-state index in [9.17, 15) is 15.3 Å². The predicted octanol–water partition coefficient (Wildman–Crippen LogP) is 5.16. The zero-order valence-electron chi connectivity index (χ0n) is 19.7. The van der Waals surface area contributed by atoms with Crippen LogP contribution in [-0.4, -0.2) is 34.1 Å². The van der Waals surface area contributed by atoms with Crippen molar-refractivity contribution in [2.75, 3.05) is 7.11 Å². The van der Waals surface area contributed by atoms with Gasteiger partial charge in [0.2, 0.25) is 0 Å². The zero-order valence-corrected chi connectivity index (χ0v) is 19.7. The lowest BCUT2D eigenvalue weighted by molar-refractivity contribution is -0.189. The Bertz CT molecular complexity index is 1080. The number of allylic oxidation sites excluding steroid dienone is 2. The van der Waals surface area contributed by atoms with Crippen molar-refractivity contribution < 1.29 is 20.1 Å². The van der Waals surface area contributed by atoms with E-state index in [4.69, 9.17) is 4.74 Å². The molecule has 1 aromatic rings. The monoisotopic (exact) mass is 448 g/mol. The van der Waals surface area contributed by atoms with E-state index in [1.54, 1.807) is 19.3 Å². The van der Waals surface area contributed by atoms with E-state index in [0.717, 1.165) is 31.2 Å². The van der Waals surface area contributed by atoms with Crippen molar-refractivity contribution in [3.63, 3.8) is 0 Å². The molecule has 1 aromatic carbocycles. The Hall–Kier alpha value is -1.78. The largest absolute Gasteiger partial charge is 0.512 e. The molecule has 0 radical (unpaired) electrons. The number of methoxy groups -OCH3 is 1. The summed E-state index contributed by atoms with van der Waals surface area (Å²) in [4.78, 5) is 0. The molecule has 0 heterocycles. The van der Waals surface area contributed by atoms with Gasteiger partial charge in [0.1, 0.15) is 17.5 Å². The van der Waals surface area contributed by atoms with Crippen LogP contribution in [0.25, 0.3) is 0 Å². The molecular formula is C29H36O4. The van der Waals surface area contributed by atoms with Crippen LogP contribution < -0.4 is 0 Å². The van der Waals surface area contributed by atoms with Gasteiger partial charge in [-0.2, -0.15) is 0 Å². The summed E-state index contributed by atoms with van der Waals surface area (Å²) in [5.41, 5.74) is -0.161. The third-order valence-corrected chi connectivity index (χ3v) is 12.1. The highest BCUT2D eigenvalue weighted by molar-refractivity contribution is 5.44. The number of para-hydroxylation sites is 1. The number of phenolic OH excluding ortho intramolecular Hbond substituents is 1. The fraction of sp³-hybridized carbons (Fsp3) is 0.655. The molecule has 0 unspecified atom stereocenters. The first kappa shape index (κ1) is 20.6. The molecule has 1 spiro atoms. The second-order valence-corrected chi connectivity index (χ2v) is 12.3. The quantitative estimate of drug-likeness (QED) is 0.559. The average Bonchev–Trinajstić information content (AvgIpc) is 3.37. The van der Waals surface area contributed by atoms with Crippen LogP contribution in [0.2, 0.25) is 0 Å². The molecule has 4 bridgehead atoms. The first-order valence-corrected chi connectivity index (χ1v) is 12.9. The summed E-state index contributed by atoms with van der Waals surface area (Å²) in [6.45, 7) is 2.50. The first-order chi connectivity index (χ1) is 15.8. The van der Waals surface area contributed by atoms with Gasteiger partial charge >= 0.3 is 0 Å². The highest BCUT2D eigenvalue weighted by Gasteiger charge is 2.88. The number of benzene rings is 1. The molecule has 10 atom stereocenters. The minimum Gasteiger partial charge on any atom is -0.512 e. The lowest BCUT2D eigenvalue weighted by Crippen LogP contribution is -2.60. The van der Waals surface area contributed by atoms with Gasteiger partial charge in [0.05, 0.1) is 11.7 Å². The Balaban J connectivity index is 1.37. The Morgan fingerprint density at radius 2 is 1.91 bits per heavy atom. The van der Waals surface area contributed by atoms with Gasteiger partial charge in [0.25, 0.3) is 0 Å². The van der Waals surface area contributed by atoms with Crippen LogP contribution in [0.15, 0.2) is 48.3 Å². The molecule has 0 saturated heterocycles. The number of aromatic hydroxyl groups is 1. The number of hydrogen-bond acceptors (Lipinski definition) is 4. The molecule has 176 valence electrons. The van der Waals surface area contributed by atoms with Gasteiger partial charge in [0, 0.05) is 12.5 Å². The van der Waals surface area contributed by atoms with E-state index in [2.05, 4.69) is 25.1 Å². The lowest BCUT2D eigenvalue weighted by atomic mass is 9.45. The maximum atomic E-state index is 12.5. The summed E-state index contributed by atoms with van der Waals surface area (Å²) in [5.74, 6) is 2.39. The Kier molecular flexibility index (Phi) is 3.90. The van der Waals surface area contributed by atoms with Crippen LogP contribution in [-0.2, 0) is 11.2 Å². The first-order valence-electron chi connectivity index (χ1n) is 12.9. The van der Waals surface area contributed by atoms with Crippen molar-refractivity contribution in [1.29, 1.82) is 0 Å². The Labute approximate surface area is 196 Å². The Morgan fingerprint density at radius 1 is 1.12 bits per heavy atom. The molecule has 6 aliphatic carbocycles. The van der Waals surface area contributed by atoms with Gasteiger partial charge in [0.15, 0.2) is 0 Å². The maximum absolute atomic E-state index is 12.5. The van der Waals surface area contributed by atoms with Crippen LogP contribution in [0.4, 0.5) is 0 Å². The average molecular weight is 449 g/mol. The van der Waals surface area contributed by atoms with E-state index < -0.39 is 11.7 Å². The van der Waals surface area contributed by atoms with Gasteiger partial charge in [-0.25, -0.2) is 0 Å². The highest BCUT2D eigenvalue weighted by Crippen LogP contribution is 2.88. The number of aliphatic hydroxyl groups is 2. The van der Waals surface area contributed by atoms with Crippen molar-refractivity contribution in [3.05, 3.63) is 53.8 Å². The third kappa shape index (κ3) is 1.98. The van der Waals surface area contributed by atoms with Gasteiger partial charge in [-0.15, -0.1) is 0 Å². The summed E-state index contributed by atoms with van der Waals surface area (Å²) in [6.07, 6.45) is 13.8. The summed E-state index contributed by atoms with van der Waals surface area (Å²) in [5, 5.41) is 34.2. The van der Waals surface area contributed by atoms with Crippen LogP contribution in [0.1, 0.15) is 51.0 Å². The minimum atomic E-state index is -1.03. The second kappa shape index (κ2) is 6.26. The third-order valence-electron chi connectivity index (χ3n) is 12.1. The highest BCUT2D eigenvalue weighted by atomic mass is 16.5. The summed E-state index contributed by atoms with van der Waals surface area (Å²) in [6, 6.07) is 7.80. The number of ether oxygens (including phenoxy) is 1. The van der Waals surface area contributed by atoms with Gasteiger partial charge < -0.3 is 20.1 Å². The summed E-state index contributed by atoms with van der Waals surface area (Å²) >= 11 is 0. The molecule has 6 aliphatic rings. The smallest absolute Gasteiger partial charge is 0.118 e. The van der Waals surface area contributed by atoms with Gasteiger partial charge in [-0.05, 0) is 97.2 Å². The van der Waals surface area contributed by atoms with E-state index in [1.165, 1.54) is 19.3 Å². The maximum Gasteiger partial charge on any atom is 0.118 e. The van der Waals surface area contributed by atoms with Crippen LogP contribution in [0, 0.1) is 45.8 Å². The molecule has 0 aromatic heterocycles. The molecule has 4 nitrogen and oxygen atoms in total. The molecule has 4 saturated carbocycles. The molecule has 4 fully saturated rings. The fourth-order valence-corrected chi connectivity index (χ4v) is 11.2. The number of hydrogen-bond donors (Lipinski definition) is 3. The van der Waals surface area contributed by atoms with Crippen LogP contribution >= 0.6 is 0 Å². The van der Waals surface area contributed by atoms with Gasteiger partial charge in [-0.3, -0.25) is 0 Å². The molecule has 33 heavy (non-hydrogen) atoms. The van der Waals surface area contributed by atoms with Crippen LogP contribution in [0.5, 0.6) is 5.75 Å². The number of aliphatic hydroxyl groups excluding tert-OH is 1. The van der Waals surface area contributed by atoms with E-state index in [0.29, 0.717) is 35.2 Å². The van der Waals surface area contributed by atoms with Crippen molar-refractivity contribution in [2.45, 2.75) is 63.6 Å². The summed E-state index contributed by atoms with van der Waals surface area (Å²) in [7, 11) is 1.68. The van der Waals surface area contributed by atoms with E-state index >= 15 is 0 Å². The molecule has 7 rings (SSSR count). The molecule has 4 heteroatoms. The SMILES string of the molecule is CO[C@@H]1C=C(O)[C@H]2[C@@H]3[C@H]4CC[C@@]56CC[C@H](Cc7ccccc7O)[C@@H]5C=CC[C@@](C4)([C@@]12O)[C@]36C. The van der Waals surface area contributed by atoms with Crippen molar-refractivity contribution in [2.24, 2.45) is 45.8 Å². The van der Waals surface area contributed by atoms with Crippen molar-refractivity contribution in [1.82, 2.24) is 0 Å². The minimum absolute atomic E-state index is 0.0387. The molecule has 0 aliphatic heterocycles. The number of fused-ring (bicyclic) bond motifs is 1. The van der Waals surface area contributed by atoms with Crippen LogP contribution in [0.3, 0.4) is 0 Å². The zero-order chi connectivity index (χ0) is 22.8.